The fraction of sp³-hybridized carbons (Fsp3) is 0.0667. The SMILES string of the molecule is C[n+]1nc(Nc2ccccc2)sc1-c1ccc(O)cc1.[Cl-]. The lowest BCUT2D eigenvalue weighted by molar-refractivity contribution is -0.714. The number of nitrogens with zero attached hydrogens (tertiary/aromatic N) is 2. The molecular formula is C15H14ClN3OS. The molecule has 0 aliphatic heterocycles. The Morgan fingerprint density at radius 3 is 2.38 bits per heavy atom. The zero-order chi connectivity index (χ0) is 13.9. The van der Waals surface area contributed by atoms with Crippen LogP contribution in [0, 0.1) is 0 Å². The topological polar surface area (TPSA) is 49.0 Å². The summed E-state index contributed by atoms with van der Waals surface area (Å²) in [6.45, 7) is 0. The standard InChI is InChI=1S/C15H13N3OS.ClH/c1-18-14(11-7-9-13(19)10-8-11)20-15(17-18)16-12-5-3-2-4-6-12;/h2-10H,1H3,(H,16,17);1H. The molecule has 0 atom stereocenters. The molecule has 1 aromatic heterocycles. The van der Waals surface area contributed by atoms with E-state index in [0.29, 0.717) is 0 Å². The molecule has 0 aliphatic carbocycles. The van der Waals surface area contributed by atoms with Gasteiger partial charge in [0.05, 0.1) is 5.56 Å². The van der Waals surface area contributed by atoms with Crippen molar-refractivity contribution in [3.63, 3.8) is 0 Å². The third-order valence-electron chi connectivity index (χ3n) is 2.87. The highest BCUT2D eigenvalue weighted by atomic mass is 35.5. The van der Waals surface area contributed by atoms with Crippen molar-refractivity contribution < 1.29 is 22.2 Å². The molecule has 0 amide bonds. The van der Waals surface area contributed by atoms with Crippen LogP contribution in [0.1, 0.15) is 0 Å². The van der Waals surface area contributed by atoms with Gasteiger partial charge in [0.2, 0.25) is 0 Å². The summed E-state index contributed by atoms with van der Waals surface area (Å²) < 4.78 is 1.84. The van der Waals surface area contributed by atoms with Gasteiger partial charge in [-0.15, -0.1) is 0 Å². The molecule has 0 radical (unpaired) electrons. The van der Waals surface area contributed by atoms with Crippen molar-refractivity contribution >= 4 is 22.2 Å². The molecule has 4 nitrogen and oxygen atoms in total. The Morgan fingerprint density at radius 2 is 1.71 bits per heavy atom. The second kappa shape index (κ2) is 6.56. The van der Waals surface area contributed by atoms with Crippen molar-refractivity contribution in [1.82, 2.24) is 5.10 Å². The summed E-state index contributed by atoms with van der Waals surface area (Å²) in [6.07, 6.45) is 0. The zero-order valence-corrected chi connectivity index (χ0v) is 12.9. The number of benzene rings is 2. The molecule has 0 fully saturated rings. The van der Waals surface area contributed by atoms with E-state index in [-0.39, 0.29) is 18.2 Å². The van der Waals surface area contributed by atoms with Crippen LogP contribution in [0.5, 0.6) is 5.75 Å². The van der Waals surface area contributed by atoms with Crippen LogP contribution in [-0.2, 0) is 7.05 Å². The van der Waals surface area contributed by atoms with Gasteiger partial charge < -0.3 is 22.8 Å². The zero-order valence-electron chi connectivity index (χ0n) is 11.3. The van der Waals surface area contributed by atoms with Crippen molar-refractivity contribution in [1.29, 1.82) is 0 Å². The predicted molar refractivity (Wildman–Crippen MR) is 80.1 cm³/mol. The van der Waals surface area contributed by atoms with Crippen LogP contribution in [-0.4, -0.2) is 10.2 Å². The normalized spacial score (nSPS) is 9.95. The molecule has 2 N–H and O–H groups in total. The van der Waals surface area contributed by atoms with E-state index in [0.717, 1.165) is 21.4 Å². The van der Waals surface area contributed by atoms with E-state index in [2.05, 4.69) is 10.4 Å². The Labute approximate surface area is 133 Å². The Morgan fingerprint density at radius 1 is 1.05 bits per heavy atom. The molecule has 0 aliphatic rings. The third kappa shape index (κ3) is 3.51. The van der Waals surface area contributed by atoms with Gasteiger partial charge in [-0.25, -0.2) is 0 Å². The van der Waals surface area contributed by atoms with Crippen molar-refractivity contribution in [3.05, 3.63) is 54.6 Å². The molecule has 3 rings (SSSR count). The van der Waals surface area contributed by atoms with Crippen molar-refractivity contribution in [2.75, 3.05) is 5.32 Å². The van der Waals surface area contributed by atoms with Gasteiger partial charge in [-0.3, -0.25) is 0 Å². The highest BCUT2D eigenvalue weighted by Crippen LogP contribution is 2.27. The number of phenols is 1. The summed E-state index contributed by atoms with van der Waals surface area (Å²) in [5.41, 5.74) is 2.04. The van der Waals surface area contributed by atoms with Gasteiger partial charge >= 0.3 is 0 Å². The van der Waals surface area contributed by atoms with E-state index in [9.17, 15) is 5.11 Å². The van der Waals surface area contributed by atoms with Crippen molar-refractivity contribution in [3.8, 4) is 16.3 Å². The number of anilines is 2. The van der Waals surface area contributed by atoms with Crippen LogP contribution >= 0.6 is 11.3 Å². The lowest BCUT2D eigenvalue weighted by atomic mass is 10.2. The first-order valence-corrected chi connectivity index (χ1v) is 7.02. The average molecular weight is 320 g/mol. The Hall–Kier alpha value is -2.11. The molecule has 0 saturated carbocycles. The molecule has 1 heterocycles. The van der Waals surface area contributed by atoms with Gasteiger partial charge in [0.1, 0.15) is 5.75 Å². The number of aromatic hydroxyl groups is 1. The molecule has 21 heavy (non-hydrogen) atoms. The molecule has 2 aromatic carbocycles. The fourth-order valence-electron chi connectivity index (χ4n) is 1.90. The Balaban J connectivity index is 0.00000161. The largest absolute Gasteiger partial charge is 1.00 e. The number of nitrogens with one attached hydrogen (secondary N) is 1. The van der Waals surface area contributed by atoms with E-state index in [1.807, 2.05) is 54.2 Å². The van der Waals surface area contributed by atoms with Gasteiger partial charge in [0, 0.05) is 10.8 Å². The molecule has 108 valence electrons. The molecule has 0 saturated heterocycles. The van der Waals surface area contributed by atoms with Gasteiger partial charge in [0.25, 0.3) is 10.1 Å². The minimum absolute atomic E-state index is 0. The minimum atomic E-state index is 0. The quantitative estimate of drug-likeness (QED) is 0.673. The first kappa shape index (κ1) is 15.3. The van der Waals surface area contributed by atoms with Crippen LogP contribution in [0.3, 0.4) is 0 Å². The number of hydrogen-bond acceptors (Lipinski definition) is 4. The molecule has 3 aromatic rings. The minimum Gasteiger partial charge on any atom is -1.00 e. The number of rotatable bonds is 3. The van der Waals surface area contributed by atoms with Crippen molar-refractivity contribution in [2.45, 2.75) is 0 Å². The van der Waals surface area contributed by atoms with Crippen LogP contribution in [0.2, 0.25) is 0 Å². The number of aromatic nitrogens is 2. The Bertz CT molecular complexity index is 714. The number of hydrogen-bond donors (Lipinski definition) is 2. The van der Waals surface area contributed by atoms with Gasteiger partial charge in [0.15, 0.2) is 7.05 Å². The van der Waals surface area contributed by atoms with Crippen LogP contribution in [0.4, 0.5) is 10.8 Å². The van der Waals surface area contributed by atoms with Gasteiger partial charge in [-0.2, -0.15) is 0 Å². The number of para-hydroxylation sites is 1. The molecule has 0 spiro atoms. The maximum atomic E-state index is 9.34. The summed E-state index contributed by atoms with van der Waals surface area (Å²) in [4.78, 5) is 0. The maximum Gasteiger partial charge on any atom is 0.297 e. The monoisotopic (exact) mass is 319 g/mol. The first-order chi connectivity index (χ1) is 9.72. The van der Waals surface area contributed by atoms with Crippen molar-refractivity contribution in [2.24, 2.45) is 7.05 Å². The third-order valence-corrected chi connectivity index (χ3v) is 3.94. The lowest BCUT2D eigenvalue weighted by Crippen LogP contribution is -3.00. The number of aryl methyl sites for hydroxylation is 1. The highest BCUT2D eigenvalue weighted by Gasteiger charge is 2.18. The van der Waals surface area contributed by atoms with Crippen LogP contribution in [0.25, 0.3) is 10.6 Å². The molecule has 0 bridgehead atoms. The summed E-state index contributed by atoms with van der Waals surface area (Å²) in [5.74, 6) is 0.267. The van der Waals surface area contributed by atoms with E-state index < -0.39 is 0 Å². The summed E-state index contributed by atoms with van der Waals surface area (Å²) in [5, 5.41) is 19.0. The Kier molecular flexibility index (Phi) is 4.77. The fourth-order valence-corrected chi connectivity index (χ4v) is 2.85. The lowest BCUT2D eigenvalue weighted by Gasteiger charge is -1.97. The first-order valence-electron chi connectivity index (χ1n) is 6.21. The van der Waals surface area contributed by atoms with E-state index in [1.165, 1.54) is 0 Å². The smallest absolute Gasteiger partial charge is 0.297 e. The summed E-state index contributed by atoms with van der Waals surface area (Å²) in [7, 11) is 1.91. The molecular weight excluding hydrogens is 306 g/mol. The van der Waals surface area contributed by atoms with E-state index in [4.69, 9.17) is 0 Å². The number of phenolic OH excluding ortho intramolecular Hbond substituents is 1. The van der Waals surface area contributed by atoms with E-state index in [1.54, 1.807) is 23.5 Å². The van der Waals surface area contributed by atoms with Crippen LogP contribution < -0.4 is 22.4 Å². The average Bonchev–Trinajstić information content (AvgIpc) is 2.81. The summed E-state index contributed by atoms with van der Waals surface area (Å²) in [6, 6.07) is 17.1. The molecule has 0 unspecified atom stereocenters. The molecule has 6 heteroatoms. The second-order valence-electron chi connectivity index (χ2n) is 4.37. The van der Waals surface area contributed by atoms with Gasteiger partial charge in [-0.1, -0.05) is 22.9 Å². The summed E-state index contributed by atoms with van der Waals surface area (Å²) >= 11 is 1.57. The second-order valence-corrected chi connectivity index (χ2v) is 5.35. The number of halogens is 1. The van der Waals surface area contributed by atoms with E-state index >= 15 is 0 Å². The van der Waals surface area contributed by atoms with Crippen LogP contribution in [0.15, 0.2) is 54.6 Å². The van der Waals surface area contributed by atoms with Gasteiger partial charge in [-0.05, 0) is 47.7 Å². The predicted octanol–water partition coefficient (Wildman–Crippen LogP) is 0.0878. The highest BCUT2D eigenvalue weighted by molar-refractivity contribution is 7.18. The maximum absolute atomic E-state index is 9.34.